The van der Waals surface area contributed by atoms with Gasteiger partial charge in [0, 0.05) is 116 Å². The molecule has 136 heavy (non-hydrogen) atoms. The lowest BCUT2D eigenvalue weighted by molar-refractivity contribution is -0.303. The lowest BCUT2D eigenvalue weighted by Gasteiger charge is -2.40. The molecule has 7 fully saturated rings. The van der Waals surface area contributed by atoms with Gasteiger partial charge in [0.2, 0.25) is 35.4 Å². The predicted molar refractivity (Wildman–Crippen MR) is 445 cm³/mol. The minimum atomic E-state index is -1.82. The van der Waals surface area contributed by atoms with E-state index in [4.69, 9.17) is 61.7 Å². The molecular formula is C82H139N7O47. The van der Waals surface area contributed by atoms with Crippen molar-refractivity contribution >= 4 is 59.0 Å². The summed E-state index contributed by atoms with van der Waals surface area (Å²) >= 11 is 0. The number of hydroxylamine groups is 2. The van der Waals surface area contributed by atoms with Gasteiger partial charge in [0.25, 0.3) is 11.8 Å². The summed E-state index contributed by atoms with van der Waals surface area (Å²) in [6.45, 7) is -8.59. The minimum absolute atomic E-state index is 0.00634. The van der Waals surface area contributed by atoms with Gasteiger partial charge in [0.05, 0.1) is 79.3 Å². The SMILES string of the molecule is O=C(CCCCC(=O)N(CCOC1O[C@H](CO)[C@@H](O)[C@H](O)[C@@H]1O)CCOC1O[C@H](CO)[C@@H](O)[C@H](O)[C@@H]1O)C[C@@H](CCCNC(=O)CCCCC(=O)N(CCOC1O[C@H](CO)[C@@H](O)[C@H](O)[C@@H]1O)CCOC1O[C@H](CO)[C@@H](O)[C@H](O)[C@@H]1O)C(=O)N[C@@H](CCCCNC(=O)CCCCC(=O)N(CCOC1O[C@H](CO)[C@@H](O)[C@H](O)[C@@H]1O)CCOC1O[C@H](CO)[C@@H](O)[C@H](O)[C@@H]1O)C(=O)ON1C(=O)CCC1=O. The number of nitrogens with one attached hydrogen (secondary N) is 3. The van der Waals surface area contributed by atoms with Crippen molar-refractivity contribution in [2.75, 3.05) is 132 Å². The fourth-order valence-corrected chi connectivity index (χ4v) is 15.7. The van der Waals surface area contributed by atoms with Gasteiger partial charge >= 0.3 is 5.97 Å². The smallest absolute Gasteiger partial charge is 0.355 e. The van der Waals surface area contributed by atoms with E-state index in [1.165, 1.54) is 14.7 Å². The number of Topliss-reactive ketones (excluding diaryl/α,β-unsaturated/α-hetero) is 1. The molecule has 784 valence electrons. The number of carbonyl (C=O) groups is 10. The number of ether oxygens (including phenoxy) is 12. The first-order chi connectivity index (χ1) is 64.8. The van der Waals surface area contributed by atoms with Crippen molar-refractivity contribution in [1.82, 2.24) is 35.7 Å². The summed E-state index contributed by atoms with van der Waals surface area (Å²) in [6, 6.07) is -1.63. The first kappa shape index (κ1) is 117. The van der Waals surface area contributed by atoms with Crippen molar-refractivity contribution < 1.29 is 232 Å². The Morgan fingerprint density at radius 3 is 0.853 bits per heavy atom. The number of unbranched alkanes of at least 4 members (excludes halogenated alkanes) is 4. The second-order valence-corrected chi connectivity index (χ2v) is 34.0. The monoisotopic (exact) mass is 1970 g/mol. The Hall–Kier alpha value is -6.34. The topological polar surface area (TPSA) is 825 Å². The molecule has 0 bridgehead atoms. The Kier molecular flexibility index (Phi) is 51.1. The predicted octanol–water partition coefficient (Wildman–Crippen LogP) is -15.1. The summed E-state index contributed by atoms with van der Waals surface area (Å²) in [7, 11) is 0. The van der Waals surface area contributed by atoms with Crippen LogP contribution in [-0.2, 0) is 110 Å². The first-order valence-corrected chi connectivity index (χ1v) is 45.6. The summed E-state index contributed by atoms with van der Waals surface area (Å²) in [5.74, 6) is -8.46. The molecule has 7 saturated heterocycles. The zero-order valence-corrected chi connectivity index (χ0v) is 75.2. The van der Waals surface area contributed by atoms with Crippen LogP contribution in [0, 0.1) is 5.92 Å². The number of rotatable bonds is 60. The molecule has 7 rings (SSSR count). The van der Waals surface area contributed by atoms with Crippen LogP contribution in [0.4, 0.5) is 0 Å². The highest BCUT2D eigenvalue weighted by Gasteiger charge is 2.51. The fraction of sp³-hybridized carbons (Fsp3) is 0.878. The van der Waals surface area contributed by atoms with Gasteiger partial charge < -0.3 is 215 Å². The van der Waals surface area contributed by atoms with Gasteiger partial charge in [-0.05, 0) is 70.6 Å². The largest absolute Gasteiger partial charge is 0.394 e. The number of aliphatic hydroxyl groups is 24. The number of hydrogen-bond acceptors (Lipinski definition) is 47. The standard InChI is InChI=1S/C82H139N7O47/c90-35-44-57(104)63(110)69(116)77(130-44)124-28-22-86(23-29-125-78-70(117)64(111)58(105)45(36-91)131-78)52(99)15-4-1-11-42(96)34-41(10-9-21-84-51(98)14-3-6-17-54(101)88(26-32-128-81-73(120)67(114)61(108)48(39-94)134-81)27-33-129-82-74(121)68(115)62(109)49(40-95)135-82)75(122)85-43(76(123)136-89-55(102)18-19-56(89)103)12-7-8-20-83-50(97)13-2-5-16-53(100)87(24-30-126-79-71(118)65(112)59(106)46(37-92)132-79)25-31-127-80-72(119)66(113)60(107)47(38-93)133-80/h41,43-49,57-74,77-82,90-95,104-121H,1-40H2,(H,83,97)(H,84,98)(H,85,122)/t41-,43+,44-,45-,46-,47-,48-,49-,57-,58-,59-,60-,61-,62-,63+,64+,65+,66+,67+,68+,69+,70+,71+,72+,73+,74+,77?,78?,79?,80?,81?,82?/m1/s1. The summed E-state index contributed by atoms with van der Waals surface area (Å²) < 4.78 is 66.0. The van der Waals surface area contributed by atoms with Crippen LogP contribution in [0.3, 0.4) is 0 Å². The average molecular weight is 1980 g/mol. The Labute approximate surface area is 780 Å². The van der Waals surface area contributed by atoms with Crippen molar-refractivity contribution in [3.63, 3.8) is 0 Å². The maximum absolute atomic E-state index is 14.7. The molecule has 0 aromatic rings. The van der Waals surface area contributed by atoms with Crippen LogP contribution >= 0.6 is 0 Å². The maximum atomic E-state index is 14.7. The molecule has 0 aliphatic carbocycles. The average Bonchev–Trinajstić information content (AvgIpc) is 1.20. The van der Waals surface area contributed by atoms with Crippen molar-refractivity contribution in [3.05, 3.63) is 0 Å². The molecule has 7 aliphatic rings. The van der Waals surface area contributed by atoms with Gasteiger partial charge in [-0.2, -0.15) is 0 Å². The zero-order valence-electron chi connectivity index (χ0n) is 75.2. The van der Waals surface area contributed by atoms with E-state index in [1.54, 1.807) is 0 Å². The van der Waals surface area contributed by atoms with Crippen LogP contribution in [0.2, 0.25) is 0 Å². The van der Waals surface area contributed by atoms with E-state index in [0.717, 1.165) is 0 Å². The number of carbonyl (C=O) groups excluding carboxylic acids is 10. The molecule has 7 aliphatic heterocycles. The molecule has 0 spiro atoms. The molecule has 6 unspecified atom stereocenters. The molecule has 54 heteroatoms. The second kappa shape index (κ2) is 59.5. The van der Waals surface area contributed by atoms with Crippen molar-refractivity contribution in [2.24, 2.45) is 5.92 Å². The highest BCUT2D eigenvalue weighted by atomic mass is 16.8. The van der Waals surface area contributed by atoms with Crippen LogP contribution in [-0.4, -0.2) is 523 Å². The Morgan fingerprint density at radius 1 is 0.324 bits per heavy atom. The van der Waals surface area contributed by atoms with Crippen molar-refractivity contribution in [1.29, 1.82) is 0 Å². The molecule has 27 N–H and O–H groups in total. The number of hydrogen-bond donors (Lipinski definition) is 27. The molecule has 8 amide bonds. The molecule has 0 aromatic heterocycles. The maximum Gasteiger partial charge on any atom is 0.355 e. The first-order valence-electron chi connectivity index (χ1n) is 45.6. The third-order valence-electron chi connectivity index (χ3n) is 24.1. The quantitative estimate of drug-likeness (QED) is 0.0199. The number of aliphatic hydroxyl groups excluding tert-OH is 24. The van der Waals surface area contributed by atoms with E-state index in [2.05, 4.69) is 16.0 Å². The number of amides is 8. The van der Waals surface area contributed by atoms with E-state index >= 15 is 0 Å². The van der Waals surface area contributed by atoms with Crippen LogP contribution in [0.1, 0.15) is 128 Å². The normalized spacial score (nSPS) is 33.1. The summed E-state index contributed by atoms with van der Waals surface area (Å²) in [5.41, 5.74) is 0. The number of imide groups is 1. The summed E-state index contributed by atoms with van der Waals surface area (Å²) in [6.07, 6.45) is -51.4. The molecule has 32 atom stereocenters. The minimum Gasteiger partial charge on any atom is -0.394 e. The molecule has 54 nitrogen and oxygen atoms in total. The zero-order chi connectivity index (χ0) is 100. The second-order valence-electron chi connectivity index (χ2n) is 34.0. The number of ketones is 1. The van der Waals surface area contributed by atoms with E-state index in [9.17, 15) is 171 Å². The van der Waals surface area contributed by atoms with Gasteiger partial charge in [-0.1, -0.05) is 0 Å². The molecular weight excluding hydrogens is 1830 g/mol. The highest BCUT2D eigenvalue weighted by Crippen LogP contribution is 2.30. The summed E-state index contributed by atoms with van der Waals surface area (Å²) in [5, 5.41) is 253. The van der Waals surface area contributed by atoms with Gasteiger partial charge in [0.1, 0.15) is 158 Å². The van der Waals surface area contributed by atoms with E-state index in [0.29, 0.717) is 0 Å². The van der Waals surface area contributed by atoms with Crippen LogP contribution in [0.25, 0.3) is 0 Å². The third-order valence-corrected chi connectivity index (χ3v) is 24.1. The van der Waals surface area contributed by atoms with Crippen LogP contribution < -0.4 is 16.0 Å². The van der Waals surface area contributed by atoms with Crippen LogP contribution in [0.5, 0.6) is 0 Å². The Balaban J connectivity index is 0.976. The molecule has 0 saturated carbocycles. The fourth-order valence-electron chi connectivity index (χ4n) is 15.7. The van der Waals surface area contributed by atoms with Gasteiger partial charge in [-0.3, -0.25) is 43.2 Å². The Bertz CT molecular complexity index is 3470. The van der Waals surface area contributed by atoms with Gasteiger partial charge in [-0.25, -0.2) is 4.79 Å². The highest BCUT2D eigenvalue weighted by molar-refractivity contribution is 6.02. The van der Waals surface area contributed by atoms with E-state index in [-0.39, 0.29) is 206 Å². The van der Waals surface area contributed by atoms with Crippen LogP contribution in [0.15, 0.2) is 0 Å². The van der Waals surface area contributed by atoms with E-state index < -0.39 is 314 Å². The van der Waals surface area contributed by atoms with Gasteiger partial charge in [-0.15, -0.1) is 5.06 Å². The van der Waals surface area contributed by atoms with Gasteiger partial charge in [0.15, 0.2) is 37.7 Å². The lowest BCUT2D eigenvalue weighted by Crippen LogP contribution is -2.59. The van der Waals surface area contributed by atoms with Crippen molar-refractivity contribution in [2.45, 2.75) is 319 Å². The third kappa shape index (κ3) is 34.8. The van der Waals surface area contributed by atoms with Crippen molar-refractivity contribution in [3.8, 4) is 0 Å². The number of nitrogens with zero attached hydrogens (tertiary/aromatic N) is 4. The summed E-state index contributed by atoms with van der Waals surface area (Å²) in [4.78, 5) is 146. The molecule has 0 aromatic carbocycles. The lowest BCUT2D eigenvalue weighted by atomic mass is 9.93. The Morgan fingerprint density at radius 2 is 0.581 bits per heavy atom. The molecule has 0 radical (unpaired) electrons. The van der Waals surface area contributed by atoms with E-state index in [1.807, 2.05) is 0 Å². The molecule has 7 heterocycles.